The molecule has 0 aliphatic heterocycles. The average molecular weight is 397 g/mol. The Hall–Kier alpha value is -2.97. The minimum atomic E-state index is -3.82. The number of imidazole rings is 1. The summed E-state index contributed by atoms with van der Waals surface area (Å²) in [5.74, 6) is 0.115. The molecule has 0 atom stereocenters. The van der Waals surface area contributed by atoms with Crippen LogP contribution in [0.25, 0.3) is 10.8 Å². The molecule has 0 unspecified atom stereocenters. The fraction of sp³-hybridized carbons (Fsp3) is 0. The lowest BCUT2D eigenvalue weighted by molar-refractivity contribution is 0.469. The molecule has 0 amide bonds. The first-order valence-electron chi connectivity index (χ1n) is 8.03. The lowest BCUT2D eigenvalue weighted by Crippen LogP contribution is -2.13. The molecule has 1 aromatic heterocycles. The molecular weight excluding hydrogens is 382 g/mol. The number of nitrogens with zero attached hydrogens (tertiary/aromatic N) is 1. The Bertz CT molecular complexity index is 1190. The van der Waals surface area contributed by atoms with E-state index in [1.165, 1.54) is 24.3 Å². The topological polar surface area (TPSA) is 95.1 Å². The molecule has 136 valence electrons. The first-order valence-corrected chi connectivity index (χ1v) is 10.3. The number of hydrogen-bond acceptors (Lipinski definition) is 5. The normalized spacial score (nSPS) is 11.6. The number of benzene rings is 3. The largest absolute Gasteiger partial charge is 0.506 e. The molecule has 3 aromatic carbocycles. The van der Waals surface area contributed by atoms with Gasteiger partial charge in [-0.2, -0.15) is 8.42 Å². The third-order valence-corrected chi connectivity index (χ3v) is 6.29. The number of aromatic hydroxyl groups is 1. The number of nitrogens with one attached hydrogen (secondary N) is 2. The molecule has 27 heavy (non-hydrogen) atoms. The lowest BCUT2D eigenvalue weighted by atomic mass is 10.1. The van der Waals surface area contributed by atoms with Crippen LogP contribution in [0.1, 0.15) is 0 Å². The van der Waals surface area contributed by atoms with Crippen molar-refractivity contribution in [2.75, 3.05) is 4.72 Å². The molecule has 4 rings (SSSR count). The highest BCUT2D eigenvalue weighted by atomic mass is 32.2. The Morgan fingerprint density at radius 1 is 1.00 bits per heavy atom. The maximum atomic E-state index is 12.6. The van der Waals surface area contributed by atoms with E-state index in [0.29, 0.717) is 21.4 Å². The number of anilines is 1. The summed E-state index contributed by atoms with van der Waals surface area (Å²) in [7, 11) is -3.82. The molecule has 0 aliphatic rings. The highest BCUT2D eigenvalue weighted by molar-refractivity contribution is 7.99. The van der Waals surface area contributed by atoms with E-state index in [2.05, 4.69) is 14.7 Å². The lowest BCUT2D eigenvalue weighted by Gasteiger charge is -2.14. The van der Waals surface area contributed by atoms with Gasteiger partial charge in [0, 0.05) is 15.7 Å². The van der Waals surface area contributed by atoms with E-state index < -0.39 is 10.0 Å². The van der Waals surface area contributed by atoms with E-state index in [0.717, 1.165) is 4.90 Å². The van der Waals surface area contributed by atoms with Crippen molar-refractivity contribution in [2.45, 2.75) is 14.8 Å². The number of fused-ring (bicyclic) bond motifs is 1. The van der Waals surface area contributed by atoms with Gasteiger partial charge in [-0.05, 0) is 18.2 Å². The number of sulfonamides is 1. The minimum absolute atomic E-state index is 0.0306. The molecule has 0 bridgehead atoms. The first-order chi connectivity index (χ1) is 13.0. The average Bonchev–Trinajstić information content (AvgIpc) is 3.22. The minimum Gasteiger partial charge on any atom is -0.506 e. The Morgan fingerprint density at radius 3 is 2.41 bits per heavy atom. The van der Waals surface area contributed by atoms with Crippen molar-refractivity contribution in [1.82, 2.24) is 9.97 Å². The van der Waals surface area contributed by atoms with Crippen LogP contribution in [0.5, 0.6) is 5.75 Å². The fourth-order valence-electron chi connectivity index (χ4n) is 2.70. The van der Waals surface area contributed by atoms with E-state index >= 15 is 0 Å². The third kappa shape index (κ3) is 3.49. The quantitative estimate of drug-likeness (QED) is 0.438. The summed E-state index contributed by atoms with van der Waals surface area (Å²) >= 11 is 1.36. The predicted molar refractivity (Wildman–Crippen MR) is 106 cm³/mol. The van der Waals surface area contributed by atoms with Crippen LogP contribution in [-0.2, 0) is 10.0 Å². The second-order valence-corrected chi connectivity index (χ2v) is 8.52. The zero-order valence-electron chi connectivity index (χ0n) is 14.0. The SMILES string of the molecule is O=S(=O)(Nc1cc(Sc2ccccc2)c(O)c2ccccc12)c1cnc[nH]1. The smallest absolute Gasteiger partial charge is 0.278 e. The molecular formula is C19H15N3O3S2. The Kier molecular flexibility index (Phi) is 4.51. The summed E-state index contributed by atoms with van der Waals surface area (Å²) in [6, 6.07) is 18.3. The second-order valence-electron chi connectivity index (χ2n) is 5.75. The van der Waals surface area contributed by atoms with Crippen LogP contribution < -0.4 is 4.72 Å². The highest BCUT2D eigenvalue weighted by Gasteiger charge is 2.19. The van der Waals surface area contributed by atoms with Crippen LogP contribution in [0, 0.1) is 0 Å². The van der Waals surface area contributed by atoms with Crippen LogP contribution in [0.2, 0.25) is 0 Å². The van der Waals surface area contributed by atoms with E-state index in [4.69, 9.17) is 0 Å². The van der Waals surface area contributed by atoms with Gasteiger partial charge < -0.3 is 10.1 Å². The Balaban J connectivity index is 1.83. The van der Waals surface area contributed by atoms with Crippen LogP contribution in [0.15, 0.2) is 88.0 Å². The summed E-state index contributed by atoms with van der Waals surface area (Å²) in [4.78, 5) is 7.85. The summed E-state index contributed by atoms with van der Waals surface area (Å²) in [6.07, 6.45) is 2.55. The van der Waals surface area contributed by atoms with Crippen molar-refractivity contribution in [3.05, 3.63) is 73.2 Å². The molecule has 3 N–H and O–H groups in total. The van der Waals surface area contributed by atoms with E-state index in [9.17, 15) is 13.5 Å². The van der Waals surface area contributed by atoms with Gasteiger partial charge in [-0.25, -0.2) is 4.98 Å². The number of rotatable bonds is 5. The molecule has 0 fully saturated rings. The van der Waals surface area contributed by atoms with E-state index in [1.54, 1.807) is 30.3 Å². The van der Waals surface area contributed by atoms with Gasteiger partial charge in [-0.1, -0.05) is 54.2 Å². The number of aromatic amines is 1. The molecule has 0 spiro atoms. The van der Waals surface area contributed by atoms with Crippen molar-refractivity contribution in [1.29, 1.82) is 0 Å². The molecule has 4 aromatic rings. The van der Waals surface area contributed by atoms with Gasteiger partial charge in [-0.3, -0.25) is 4.72 Å². The number of aromatic nitrogens is 2. The van der Waals surface area contributed by atoms with Crippen molar-refractivity contribution in [2.24, 2.45) is 0 Å². The van der Waals surface area contributed by atoms with E-state index in [1.807, 2.05) is 30.3 Å². The van der Waals surface area contributed by atoms with Crippen molar-refractivity contribution in [3.63, 3.8) is 0 Å². The molecule has 6 nitrogen and oxygen atoms in total. The molecule has 1 heterocycles. The van der Waals surface area contributed by atoms with E-state index in [-0.39, 0.29) is 10.8 Å². The van der Waals surface area contributed by atoms with Gasteiger partial charge in [0.15, 0.2) is 5.03 Å². The summed E-state index contributed by atoms with van der Waals surface area (Å²) in [5, 5.41) is 11.8. The fourth-order valence-corrected chi connectivity index (χ4v) is 4.61. The van der Waals surface area contributed by atoms with Gasteiger partial charge >= 0.3 is 0 Å². The number of phenols is 1. The molecule has 8 heteroatoms. The Morgan fingerprint density at radius 2 is 1.70 bits per heavy atom. The van der Waals surface area contributed by atoms with Crippen LogP contribution >= 0.6 is 11.8 Å². The van der Waals surface area contributed by atoms with Crippen LogP contribution in [-0.4, -0.2) is 23.5 Å². The van der Waals surface area contributed by atoms with Crippen molar-refractivity contribution >= 4 is 38.2 Å². The Labute approximate surface area is 160 Å². The maximum Gasteiger partial charge on any atom is 0.278 e. The van der Waals surface area contributed by atoms with Crippen molar-refractivity contribution < 1.29 is 13.5 Å². The highest BCUT2D eigenvalue weighted by Crippen LogP contribution is 2.42. The van der Waals surface area contributed by atoms with Gasteiger partial charge in [0.1, 0.15) is 5.75 Å². The summed E-state index contributed by atoms with van der Waals surface area (Å²) in [5.41, 5.74) is 0.386. The predicted octanol–water partition coefficient (Wildman–Crippen LogP) is 4.22. The zero-order valence-corrected chi connectivity index (χ0v) is 15.6. The van der Waals surface area contributed by atoms with Gasteiger partial charge in [0.2, 0.25) is 0 Å². The van der Waals surface area contributed by atoms with Gasteiger partial charge in [0.25, 0.3) is 10.0 Å². The first kappa shape index (κ1) is 17.4. The van der Waals surface area contributed by atoms with Crippen molar-refractivity contribution in [3.8, 4) is 5.75 Å². The van der Waals surface area contributed by atoms with Crippen LogP contribution in [0.4, 0.5) is 5.69 Å². The standard InChI is InChI=1S/C19H15N3O3S2/c23-19-15-9-5-4-8-14(15)16(22-27(24,25)18-11-20-12-21-18)10-17(19)26-13-6-2-1-3-7-13/h1-12,22-23H,(H,20,21). The molecule has 0 aliphatic carbocycles. The molecule has 0 radical (unpaired) electrons. The second kappa shape index (κ2) is 6.98. The van der Waals surface area contributed by atoms with Crippen LogP contribution in [0.3, 0.4) is 0 Å². The maximum absolute atomic E-state index is 12.6. The number of H-pyrrole nitrogens is 1. The number of phenolic OH excluding ortho intramolecular Hbond substituents is 1. The zero-order chi connectivity index (χ0) is 18.9. The monoisotopic (exact) mass is 397 g/mol. The summed E-state index contributed by atoms with van der Waals surface area (Å²) in [6.45, 7) is 0. The van der Waals surface area contributed by atoms with Gasteiger partial charge in [-0.15, -0.1) is 0 Å². The third-order valence-electron chi connectivity index (χ3n) is 3.96. The van der Waals surface area contributed by atoms with Gasteiger partial charge in [0.05, 0.1) is 23.1 Å². The molecule has 0 saturated heterocycles. The molecule has 0 saturated carbocycles. The number of hydrogen-bond donors (Lipinski definition) is 3. The summed E-state index contributed by atoms with van der Waals surface area (Å²) < 4.78 is 27.8.